The Hall–Kier alpha value is -4.64. The third kappa shape index (κ3) is 4.96. The van der Waals surface area contributed by atoms with Gasteiger partial charge in [-0.3, -0.25) is 20.8 Å². The van der Waals surface area contributed by atoms with E-state index in [2.05, 4.69) is 95.7 Å². The monoisotopic (exact) mass is 499 g/mol. The number of rotatable bonds is 6. The van der Waals surface area contributed by atoms with Gasteiger partial charge in [-0.2, -0.15) is 0 Å². The summed E-state index contributed by atoms with van der Waals surface area (Å²) in [6.07, 6.45) is 4.38. The van der Waals surface area contributed by atoms with Crippen LogP contribution in [-0.4, -0.2) is 18.7 Å². The molecule has 5 heteroatoms. The molecule has 5 rings (SSSR count). The van der Waals surface area contributed by atoms with Crippen LogP contribution in [0.15, 0.2) is 131 Å². The highest BCUT2D eigenvalue weighted by atomic mass is 15.4. The zero-order valence-electron chi connectivity index (χ0n) is 22.0. The Balaban J connectivity index is 1.63. The van der Waals surface area contributed by atoms with E-state index in [4.69, 9.17) is 4.99 Å². The van der Waals surface area contributed by atoms with Gasteiger partial charge in [0.25, 0.3) is 0 Å². The molecule has 0 radical (unpaired) electrons. The second-order valence-corrected chi connectivity index (χ2v) is 9.42. The average Bonchev–Trinajstić information content (AvgIpc) is 2.97. The van der Waals surface area contributed by atoms with Crippen molar-refractivity contribution < 1.29 is 0 Å². The highest BCUT2D eigenvalue weighted by molar-refractivity contribution is 6.10. The molecule has 1 aliphatic heterocycles. The second kappa shape index (κ2) is 11.2. The fourth-order valence-corrected chi connectivity index (χ4v) is 5.14. The minimum atomic E-state index is -0.605. The Morgan fingerprint density at radius 2 is 1.42 bits per heavy atom. The van der Waals surface area contributed by atoms with Gasteiger partial charge in [0.1, 0.15) is 11.7 Å². The van der Waals surface area contributed by atoms with Crippen molar-refractivity contribution in [2.24, 2.45) is 9.98 Å². The summed E-state index contributed by atoms with van der Waals surface area (Å²) >= 11 is 0. The predicted octanol–water partition coefficient (Wildman–Crippen LogP) is 7.13. The lowest BCUT2D eigenvalue weighted by Crippen LogP contribution is -2.41. The van der Waals surface area contributed by atoms with Crippen LogP contribution in [-0.2, 0) is 5.54 Å². The highest BCUT2D eigenvalue weighted by Crippen LogP contribution is 2.47. The van der Waals surface area contributed by atoms with Crippen molar-refractivity contribution in [3.05, 3.63) is 144 Å². The molecule has 0 fully saturated rings. The number of nitrogens with zero attached hydrogens (tertiary/aromatic N) is 2. The molecule has 1 heterocycles. The van der Waals surface area contributed by atoms with Crippen LogP contribution in [0.3, 0.4) is 0 Å². The third-order valence-electron chi connectivity index (χ3n) is 6.97. The van der Waals surface area contributed by atoms with E-state index in [1.165, 1.54) is 5.56 Å². The smallest absolute Gasteiger partial charge is 0.148 e. The second-order valence-electron chi connectivity index (χ2n) is 9.42. The summed E-state index contributed by atoms with van der Waals surface area (Å²) in [4.78, 5) is 10.1. The van der Waals surface area contributed by atoms with Gasteiger partial charge < -0.3 is 5.32 Å². The zero-order chi connectivity index (χ0) is 26.4. The lowest BCUT2D eigenvalue weighted by atomic mass is 9.71. The van der Waals surface area contributed by atoms with Crippen LogP contribution >= 0.6 is 0 Å². The fourth-order valence-electron chi connectivity index (χ4n) is 5.14. The molecule has 5 nitrogen and oxygen atoms in total. The van der Waals surface area contributed by atoms with Crippen molar-refractivity contribution in [1.29, 1.82) is 0 Å². The van der Waals surface area contributed by atoms with E-state index < -0.39 is 5.54 Å². The molecule has 0 spiro atoms. The zero-order valence-corrected chi connectivity index (χ0v) is 22.0. The van der Waals surface area contributed by atoms with E-state index in [-0.39, 0.29) is 5.92 Å². The topological polar surface area (TPSA) is 60.8 Å². The molecule has 2 unspecified atom stereocenters. The van der Waals surface area contributed by atoms with Crippen LogP contribution in [0.2, 0.25) is 0 Å². The first-order valence-corrected chi connectivity index (χ1v) is 12.9. The number of anilines is 2. The summed E-state index contributed by atoms with van der Waals surface area (Å²) in [7, 11) is 1.82. The summed E-state index contributed by atoms with van der Waals surface area (Å²) in [6, 6.07) is 37.1. The lowest BCUT2D eigenvalue weighted by Gasteiger charge is -2.40. The first-order chi connectivity index (χ1) is 18.6. The molecule has 0 aliphatic carbocycles. The number of allylic oxidation sites excluding steroid dienone is 1. The van der Waals surface area contributed by atoms with Crippen LogP contribution < -0.4 is 16.2 Å². The van der Waals surface area contributed by atoms with E-state index >= 15 is 0 Å². The van der Waals surface area contributed by atoms with E-state index in [1.807, 2.05) is 67.7 Å². The van der Waals surface area contributed by atoms with Crippen molar-refractivity contribution in [3.63, 3.8) is 0 Å². The van der Waals surface area contributed by atoms with Crippen molar-refractivity contribution in [1.82, 2.24) is 5.43 Å². The van der Waals surface area contributed by atoms with Crippen LogP contribution in [0.25, 0.3) is 0 Å². The standard InChI is InChI=1S/C33H33N5/c1-4-15-29-26-20-11-12-21-27(26)32(38-37-25-18-9-6-10-19-25)36-33(29,2)30-23-14-13-22-28(30)31(34-3)35-24-16-7-5-8-17-24/h4-23,29,37H,1-3H3,(H,34,35)(H,36,38). The van der Waals surface area contributed by atoms with Crippen LogP contribution in [0.4, 0.5) is 11.4 Å². The number of hydrogen-bond acceptors (Lipinski definition) is 4. The summed E-state index contributed by atoms with van der Waals surface area (Å²) in [5.74, 6) is 1.63. The first-order valence-electron chi connectivity index (χ1n) is 12.9. The Bertz CT molecular complexity index is 1470. The molecule has 190 valence electrons. The number of amidine groups is 2. The van der Waals surface area contributed by atoms with Gasteiger partial charge >= 0.3 is 0 Å². The molecule has 1 aliphatic rings. The van der Waals surface area contributed by atoms with Gasteiger partial charge in [0.05, 0.1) is 11.2 Å². The number of hydrazine groups is 1. The first kappa shape index (κ1) is 25.0. The molecular weight excluding hydrogens is 466 g/mol. The molecule has 0 aromatic heterocycles. The highest BCUT2D eigenvalue weighted by Gasteiger charge is 2.42. The van der Waals surface area contributed by atoms with E-state index in [1.54, 1.807) is 0 Å². The average molecular weight is 500 g/mol. The van der Waals surface area contributed by atoms with Crippen LogP contribution in [0.5, 0.6) is 0 Å². The van der Waals surface area contributed by atoms with Gasteiger partial charge in [0, 0.05) is 29.8 Å². The fraction of sp³-hybridized carbons (Fsp3) is 0.152. The molecule has 4 aromatic carbocycles. The van der Waals surface area contributed by atoms with E-state index in [0.717, 1.165) is 39.7 Å². The molecule has 38 heavy (non-hydrogen) atoms. The van der Waals surface area contributed by atoms with Crippen molar-refractivity contribution in [3.8, 4) is 0 Å². The molecule has 0 amide bonds. The summed E-state index contributed by atoms with van der Waals surface area (Å²) < 4.78 is 0. The Morgan fingerprint density at radius 1 is 0.789 bits per heavy atom. The van der Waals surface area contributed by atoms with Gasteiger partial charge in [-0.15, -0.1) is 0 Å². The number of hydrogen-bond donors (Lipinski definition) is 3. The number of nitrogens with one attached hydrogen (secondary N) is 3. The molecular formula is C33H33N5. The van der Waals surface area contributed by atoms with Crippen molar-refractivity contribution in [2.75, 3.05) is 17.8 Å². The number of fused-ring (bicyclic) bond motifs is 1. The van der Waals surface area contributed by atoms with Gasteiger partial charge in [0.2, 0.25) is 0 Å². The van der Waals surface area contributed by atoms with Crippen LogP contribution in [0, 0.1) is 0 Å². The predicted molar refractivity (Wildman–Crippen MR) is 160 cm³/mol. The maximum atomic E-state index is 5.43. The largest absolute Gasteiger partial charge is 0.340 e. The van der Waals surface area contributed by atoms with Gasteiger partial charge in [-0.05, 0) is 49.2 Å². The lowest BCUT2D eigenvalue weighted by molar-refractivity contribution is 0.435. The Labute approximate surface area is 225 Å². The molecule has 3 N–H and O–H groups in total. The molecule has 0 saturated heterocycles. The molecule has 0 bridgehead atoms. The van der Waals surface area contributed by atoms with Crippen molar-refractivity contribution >= 4 is 23.0 Å². The van der Waals surface area contributed by atoms with Crippen molar-refractivity contribution in [2.45, 2.75) is 25.3 Å². The number of aliphatic imine (C=N–C) groups is 2. The summed E-state index contributed by atoms with van der Waals surface area (Å²) in [5.41, 5.74) is 12.5. The summed E-state index contributed by atoms with van der Waals surface area (Å²) in [6.45, 7) is 4.28. The minimum absolute atomic E-state index is 0.0296. The summed E-state index contributed by atoms with van der Waals surface area (Å²) in [5, 5.41) is 3.52. The third-order valence-corrected chi connectivity index (χ3v) is 6.97. The van der Waals surface area contributed by atoms with Gasteiger partial charge in [-0.1, -0.05) is 97.1 Å². The van der Waals surface area contributed by atoms with E-state index in [9.17, 15) is 0 Å². The van der Waals surface area contributed by atoms with Gasteiger partial charge in [-0.25, -0.2) is 0 Å². The number of benzene rings is 4. The molecule has 4 aromatic rings. The van der Waals surface area contributed by atoms with Crippen LogP contribution in [0.1, 0.15) is 42.0 Å². The Morgan fingerprint density at radius 3 is 2.13 bits per heavy atom. The SMILES string of the molecule is CC=CC1c2ccccc2C(NNc2ccccc2)=NC1(C)c1ccccc1C(=NC)Nc1ccccc1. The normalized spacial score (nSPS) is 19.0. The maximum Gasteiger partial charge on any atom is 0.148 e. The maximum absolute atomic E-state index is 5.43. The minimum Gasteiger partial charge on any atom is -0.340 e. The quantitative estimate of drug-likeness (QED) is 0.114. The number of para-hydroxylation sites is 2. The van der Waals surface area contributed by atoms with E-state index in [0.29, 0.717) is 0 Å². The Kier molecular flexibility index (Phi) is 7.36. The molecule has 2 atom stereocenters. The molecule has 0 saturated carbocycles. The van der Waals surface area contributed by atoms with Gasteiger partial charge in [0.15, 0.2) is 0 Å².